The van der Waals surface area contributed by atoms with Crippen LogP contribution in [0, 0.1) is 23.0 Å². The highest BCUT2D eigenvalue weighted by Gasteiger charge is 2.23. The Hall–Kier alpha value is -1.48. The summed E-state index contributed by atoms with van der Waals surface area (Å²) in [5, 5.41) is 7.76. The molecule has 0 saturated carbocycles. The molecule has 0 aromatic heterocycles. The van der Waals surface area contributed by atoms with Crippen molar-refractivity contribution in [2.75, 3.05) is 5.73 Å². The Morgan fingerprint density at radius 2 is 2.00 bits per heavy atom. The third-order valence-corrected chi connectivity index (χ3v) is 3.74. The molecule has 0 aliphatic carbocycles. The van der Waals surface area contributed by atoms with Gasteiger partial charge < -0.3 is 5.73 Å². The maximum atomic E-state index is 13.4. The summed E-state index contributed by atoms with van der Waals surface area (Å²) in [7, 11) is -2.02. The maximum absolute atomic E-state index is 13.4. The van der Waals surface area contributed by atoms with E-state index in [1.165, 1.54) is 0 Å². The van der Waals surface area contributed by atoms with Crippen molar-refractivity contribution in [2.24, 2.45) is 0 Å². The summed E-state index contributed by atoms with van der Waals surface area (Å²) in [5.41, 5.74) is 5.14. The van der Waals surface area contributed by atoms with E-state index in [2.05, 4.69) is 0 Å². The second-order valence-electron chi connectivity index (χ2n) is 3.14. The lowest BCUT2D eigenvalue weighted by molar-refractivity contribution is 0.534. The molecular weight excluding hydrogens is 234 g/mol. The average molecular weight is 244 g/mol. The van der Waals surface area contributed by atoms with E-state index in [0.29, 0.717) is 0 Å². The number of halogens is 2. The van der Waals surface area contributed by atoms with Crippen molar-refractivity contribution in [3.05, 3.63) is 23.8 Å². The quantitative estimate of drug-likeness (QED) is 0.826. The number of nitrogens with two attached hydrogens (primary N) is 1. The number of rotatable bonds is 3. The predicted octanol–water partition coefficient (Wildman–Crippen LogP) is 1.96. The Balaban J connectivity index is 3.24. The second-order valence-corrected chi connectivity index (χ2v) is 4.71. The Morgan fingerprint density at radius 1 is 1.50 bits per heavy atom. The van der Waals surface area contributed by atoms with Crippen LogP contribution in [0.4, 0.5) is 14.5 Å². The fourth-order valence-electron chi connectivity index (χ4n) is 1.20. The minimum Gasteiger partial charge on any atom is -0.399 e. The van der Waals surface area contributed by atoms with Gasteiger partial charge in [0.2, 0.25) is 0 Å². The molecule has 1 aromatic rings. The first-order valence-electron chi connectivity index (χ1n) is 4.56. The van der Waals surface area contributed by atoms with E-state index in [9.17, 15) is 13.0 Å². The standard InChI is InChI=1S/C10H10F2N2OS/c1-2-7(5-13)16(15)10-8(11)3-6(14)4-9(10)12/h3-4,7H,2,14H2,1H3. The zero-order chi connectivity index (χ0) is 12.3. The van der Waals surface area contributed by atoms with E-state index in [1.54, 1.807) is 13.0 Å². The summed E-state index contributed by atoms with van der Waals surface area (Å²) in [6.45, 7) is 1.62. The van der Waals surface area contributed by atoms with Crippen molar-refractivity contribution in [1.29, 1.82) is 5.26 Å². The van der Waals surface area contributed by atoms with Gasteiger partial charge in [0.15, 0.2) is 0 Å². The molecule has 0 radical (unpaired) electrons. The molecule has 0 heterocycles. The number of anilines is 1. The molecule has 2 unspecified atom stereocenters. The lowest BCUT2D eigenvalue weighted by Crippen LogP contribution is -2.14. The molecule has 86 valence electrons. The molecule has 3 nitrogen and oxygen atoms in total. The summed E-state index contributed by atoms with van der Waals surface area (Å²) in [5.74, 6) is -1.96. The SMILES string of the molecule is CCC(C#N)S(=O)c1c(F)cc(N)cc1F. The molecule has 0 bridgehead atoms. The fraction of sp³-hybridized carbons (Fsp3) is 0.300. The van der Waals surface area contributed by atoms with Gasteiger partial charge in [-0.1, -0.05) is 6.92 Å². The highest BCUT2D eigenvalue weighted by atomic mass is 32.2. The first-order chi connectivity index (χ1) is 7.51. The molecule has 0 fully saturated rings. The van der Waals surface area contributed by atoms with Crippen molar-refractivity contribution in [1.82, 2.24) is 0 Å². The number of hydrogen-bond acceptors (Lipinski definition) is 3. The van der Waals surface area contributed by atoms with Crippen LogP contribution >= 0.6 is 0 Å². The maximum Gasteiger partial charge on any atom is 0.144 e. The van der Waals surface area contributed by atoms with Crippen molar-refractivity contribution in [3.8, 4) is 6.07 Å². The number of nitrogens with zero attached hydrogens (tertiary/aromatic N) is 1. The van der Waals surface area contributed by atoms with Gasteiger partial charge in [0.05, 0.1) is 16.9 Å². The zero-order valence-electron chi connectivity index (χ0n) is 8.54. The van der Waals surface area contributed by atoms with Gasteiger partial charge in [0, 0.05) is 5.69 Å². The van der Waals surface area contributed by atoms with Gasteiger partial charge >= 0.3 is 0 Å². The lowest BCUT2D eigenvalue weighted by atomic mass is 10.3. The van der Waals surface area contributed by atoms with E-state index in [1.807, 2.05) is 0 Å². The lowest BCUT2D eigenvalue weighted by Gasteiger charge is -2.09. The molecular formula is C10H10F2N2OS. The van der Waals surface area contributed by atoms with Gasteiger partial charge in [-0.05, 0) is 18.6 Å². The van der Waals surface area contributed by atoms with E-state index < -0.39 is 32.6 Å². The smallest absolute Gasteiger partial charge is 0.144 e. The van der Waals surface area contributed by atoms with E-state index in [0.717, 1.165) is 12.1 Å². The minimum absolute atomic E-state index is 0.0826. The van der Waals surface area contributed by atoms with Gasteiger partial charge in [-0.25, -0.2) is 8.78 Å². The largest absolute Gasteiger partial charge is 0.399 e. The summed E-state index contributed by atoms with van der Waals surface area (Å²) >= 11 is 0. The van der Waals surface area contributed by atoms with Crippen molar-refractivity contribution >= 4 is 16.5 Å². The molecule has 2 N–H and O–H groups in total. The topological polar surface area (TPSA) is 66.9 Å². The Morgan fingerprint density at radius 3 is 2.38 bits per heavy atom. The van der Waals surface area contributed by atoms with E-state index in [4.69, 9.17) is 11.0 Å². The van der Waals surface area contributed by atoms with E-state index in [-0.39, 0.29) is 12.1 Å². The van der Waals surface area contributed by atoms with Crippen LogP contribution in [0.5, 0.6) is 0 Å². The summed E-state index contributed by atoms with van der Waals surface area (Å²) in [6.07, 6.45) is 0.256. The molecule has 1 aromatic carbocycles. The molecule has 0 spiro atoms. The van der Waals surface area contributed by atoms with Crippen LogP contribution in [0.25, 0.3) is 0 Å². The van der Waals surface area contributed by atoms with Crippen LogP contribution in [0.3, 0.4) is 0 Å². The third kappa shape index (κ3) is 2.36. The normalized spacial score (nSPS) is 14.1. The number of hydrogen-bond donors (Lipinski definition) is 1. The third-order valence-electron chi connectivity index (χ3n) is 1.99. The summed E-state index contributed by atoms with van der Waals surface area (Å²) < 4.78 is 38.5. The van der Waals surface area contributed by atoms with Crippen LogP contribution in [-0.4, -0.2) is 9.46 Å². The first-order valence-corrected chi connectivity index (χ1v) is 5.77. The average Bonchev–Trinajstić information content (AvgIpc) is 2.17. The van der Waals surface area contributed by atoms with Crippen LogP contribution in [0.15, 0.2) is 17.0 Å². The Bertz CT molecular complexity index is 447. The van der Waals surface area contributed by atoms with Crippen molar-refractivity contribution in [2.45, 2.75) is 23.5 Å². The molecule has 1 rings (SSSR count). The van der Waals surface area contributed by atoms with Gasteiger partial charge in [-0.2, -0.15) is 5.26 Å². The minimum atomic E-state index is -2.02. The molecule has 2 atom stereocenters. The van der Waals surface area contributed by atoms with Gasteiger partial charge in [-0.3, -0.25) is 4.21 Å². The second kappa shape index (κ2) is 5.03. The van der Waals surface area contributed by atoms with Crippen molar-refractivity contribution in [3.63, 3.8) is 0 Å². The van der Waals surface area contributed by atoms with Crippen LogP contribution in [0.2, 0.25) is 0 Å². The van der Waals surface area contributed by atoms with Crippen molar-refractivity contribution < 1.29 is 13.0 Å². The highest BCUT2D eigenvalue weighted by Crippen LogP contribution is 2.23. The van der Waals surface area contributed by atoms with Crippen LogP contribution in [-0.2, 0) is 10.8 Å². The molecule has 0 saturated heterocycles. The monoisotopic (exact) mass is 244 g/mol. The predicted molar refractivity (Wildman–Crippen MR) is 56.9 cm³/mol. The molecule has 6 heteroatoms. The zero-order valence-corrected chi connectivity index (χ0v) is 9.35. The van der Waals surface area contributed by atoms with Crippen LogP contribution < -0.4 is 5.73 Å². The Kier molecular flexibility index (Phi) is 3.96. The Labute approximate surface area is 94.3 Å². The fourth-order valence-corrected chi connectivity index (χ4v) is 2.39. The van der Waals surface area contributed by atoms with Crippen LogP contribution in [0.1, 0.15) is 13.3 Å². The molecule has 0 aliphatic rings. The number of nitrogen functional groups attached to an aromatic ring is 1. The van der Waals surface area contributed by atoms with Gasteiger partial charge in [0.25, 0.3) is 0 Å². The molecule has 16 heavy (non-hydrogen) atoms. The van der Waals surface area contributed by atoms with E-state index >= 15 is 0 Å². The summed E-state index contributed by atoms with van der Waals surface area (Å²) in [6, 6.07) is 3.53. The van der Waals surface area contributed by atoms with Gasteiger partial charge in [-0.15, -0.1) is 0 Å². The highest BCUT2D eigenvalue weighted by molar-refractivity contribution is 7.86. The van der Waals surface area contributed by atoms with Gasteiger partial charge in [0.1, 0.15) is 21.8 Å². The molecule has 0 amide bonds. The molecule has 0 aliphatic heterocycles. The number of benzene rings is 1. The number of nitriles is 1. The first kappa shape index (κ1) is 12.6. The summed E-state index contributed by atoms with van der Waals surface area (Å²) in [4.78, 5) is -0.581.